The van der Waals surface area contributed by atoms with Crippen molar-refractivity contribution >= 4 is 11.6 Å². The lowest BCUT2D eigenvalue weighted by Crippen LogP contribution is -2.31. The second-order valence-corrected chi connectivity index (χ2v) is 6.49. The molecule has 0 aliphatic carbocycles. The van der Waals surface area contributed by atoms with Gasteiger partial charge in [0.05, 0.1) is 11.4 Å². The Morgan fingerprint density at radius 2 is 1.82 bits per heavy atom. The van der Waals surface area contributed by atoms with E-state index in [0.717, 1.165) is 22.6 Å². The summed E-state index contributed by atoms with van der Waals surface area (Å²) in [6, 6.07) is 15.0. The van der Waals surface area contributed by atoms with E-state index in [2.05, 4.69) is 15.4 Å². The number of aryl methyl sites for hydroxylation is 1. The van der Waals surface area contributed by atoms with Crippen LogP contribution >= 0.6 is 0 Å². The summed E-state index contributed by atoms with van der Waals surface area (Å²) in [7, 11) is 0. The van der Waals surface area contributed by atoms with E-state index in [1.54, 1.807) is 24.4 Å². The summed E-state index contributed by atoms with van der Waals surface area (Å²) in [5.41, 5.74) is 3.77. The van der Waals surface area contributed by atoms with Crippen LogP contribution in [0.2, 0.25) is 0 Å². The second-order valence-electron chi connectivity index (χ2n) is 6.49. The van der Waals surface area contributed by atoms with Crippen LogP contribution in [0.25, 0.3) is 11.3 Å². The molecule has 140 valence electrons. The molecule has 1 N–H and O–H groups in total. The van der Waals surface area contributed by atoms with Crippen LogP contribution in [-0.2, 0) is 6.54 Å². The molecule has 0 saturated carbocycles. The Hall–Kier alpha value is -3.74. The molecule has 4 aromatic rings. The maximum absolute atomic E-state index is 12.6. The molecule has 0 fully saturated rings. The summed E-state index contributed by atoms with van der Waals surface area (Å²) >= 11 is 0. The summed E-state index contributed by atoms with van der Waals surface area (Å²) in [5.74, 6) is -0.456. The predicted molar refractivity (Wildman–Crippen MR) is 106 cm³/mol. The lowest BCUT2D eigenvalue weighted by molar-refractivity contribution is 0.0949. The smallest absolute Gasteiger partial charge is 0.270 e. The standard InChI is InChI=1S/C21H19N5O2/c1-14-17(15(2)26(24-14)16-8-4-3-5-9-16)12-23-20(27)18-13-22-19-10-6-7-11-25(19)21(18)28/h3-11,13H,12H2,1-2H3,(H,23,27). The largest absolute Gasteiger partial charge is 0.348 e. The molecule has 7 heteroatoms. The van der Waals surface area contributed by atoms with E-state index in [4.69, 9.17) is 0 Å². The van der Waals surface area contributed by atoms with Crippen LogP contribution in [0.15, 0.2) is 65.7 Å². The number of carbonyl (C=O) groups is 1. The molecule has 0 aliphatic rings. The van der Waals surface area contributed by atoms with Gasteiger partial charge in [-0.05, 0) is 38.1 Å². The van der Waals surface area contributed by atoms with Crippen molar-refractivity contribution in [2.45, 2.75) is 20.4 Å². The highest BCUT2D eigenvalue weighted by Crippen LogP contribution is 2.17. The fourth-order valence-electron chi connectivity index (χ4n) is 3.20. The van der Waals surface area contributed by atoms with Crippen LogP contribution in [0.1, 0.15) is 27.3 Å². The van der Waals surface area contributed by atoms with Crippen molar-refractivity contribution in [2.75, 3.05) is 0 Å². The van der Waals surface area contributed by atoms with Gasteiger partial charge in [-0.25, -0.2) is 9.67 Å². The van der Waals surface area contributed by atoms with Gasteiger partial charge in [-0.1, -0.05) is 24.3 Å². The molecular weight excluding hydrogens is 354 g/mol. The van der Waals surface area contributed by atoms with Gasteiger partial charge in [-0.2, -0.15) is 5.10 Å². The number of carbonyl (C=O) groups excluding carboxylic acids is 1. The molecule has 0 aliphatic heterocycles. The first-order chi connectivity index (χ1) is 13.6. The summed E-state index contributed by atoms with van der Waals surface area (Å²) < 4.78 is 3.21. The van der Waals surface area contributed by atoms with Crippen LogP contribution in [0, 0.1) is 13.8 Å². The van der Waals surface area contributed by atoms with Crippen molar-refractivity contribution in [3.63, 3.8) is 0 Å². The summed E-state index contributed by atoms with van der Waals surface area (Å²) in [6.45, 7) is 4.14. The molecule has 3 aromatic heterocycles. The van der Waals surface area contributed by atoms with Gasteiger partial charge in [0, 0.05) is 30.2 Å². The molecule has 28 heavy (non-hydrogen) atoms. The summed E-state index contributed by atoms with van der Waals surface area (Å²) in [6.07, 6.45) is 2.92. The Morgan fingerprint density at radius 1 is 1.07 bits per heavy atom. The molecule has 1 amide bonds. The maximum atomic E-state index is 12.6. The minimum atomic E-state index is -0.456. The van der Waals surface area contributed by atoms with Crippen LogP contribution in [0.5, 0.6) is 0 Å². The van der Waals surface area contributed by atoms with Crippen molar-refractivity contribution < 1.29 is 4.79 Å². The fraction of sp³-hybridized carbons (Fsp3) is 0.143. The van der Waals surface area contributed by atoms with E-state index >= 15 is 0 Å². The van der Waals surface area contributed by atoms with Gasteiger partial charge in [0.25, 0.3) is 11.5 Å². The minimum absolute atomic E-state index is 0.00876. The first kappa shape index (κ1) is 17.7. The topological polar surface area (TPSA) is 81.3 Å². The number of para-hydroxylation sites is 1. The van der Waals surface area contributed by atoms with E-state index < -0.39 is 11.5 Å². The molecule has 0 saturated heterocycles. The fourth-order valence-corrected chi connectivity index (χ4v) is 3.20. The Balaban J connectivity index is 1.59. The lowest BCUT2D eigenvalue weighted by Gasteiger charge is -2.08. The molecular formula is C21H19N5O2. The van der Waals surface area contributed by atoms with E-state index in [9.17, 15) is 9.59 Å². The number of hydrogen-bond donors (Lipinski definition) is 1. The van der Waals surface area contributed by atoms with E-state index in [1.807, 2.05) is 48.9 Å². The average Bonchev–Trinajstić information content (AvgIpc) is 3.01. The number of rotatable bonds is 4. The van der Waals surface area contributed by atoms with Crippen LogP contribution < -0.4 is 10.9 Å². The number of amides is 1. The van der Waals surface area contributed by atoms with Gasteiger partial charge in [0.1, 0.15) is 11.2 Å². The number of fused-ring (bicyclic) bond motifs is 1. The zero-order chi connectivity index (χ0) is 19.7. The molecule has 7 nitrogen and oxygen atoms in total. The molecule has 0 radical (unpaired) electrons. The molecule has 3 heterocycles. The number of aromatic nitrogens is 4. The molecule has 0 spiro atoms. The molecule has 1 aromatic carbocycles. The monoisotopic (exact) mass is 373 g/mol. The van der Waals surface area contributed by atoms with Crippen molar-refractivity contribution in [3.05, 3.63) is 93.8 Å². The minimum Gasteiger partial charge on any atom is -0.348 e. The third-order valence-electron chi connectivity index (χ3n) is 4.73. The Bertz CT molecular complexity index is 1220. The number of nitrogens with one attached hydrogen (secondary N) is 1. The third-order valence-corrected chi connectivity index (χ3v) is 4.73. The number of hydrogen-bond acceptors (Lipinski definition) is 4. The quantitative estimate of drug-likeness (QED) is 0.596. The van der Waals surface area contributed by atoms with E-state index in [0.29, 0.717) is 5.65 Å². The lowest BCUT2D eigenvalue weighted by atomic mass is 10.2. The predicted octanol–water partition coefficient (Wildman–Crippen LogP) is 2.43. The highest BCUT2D eigenvalue weighted by Gasteiger charge is 2.16. The molecule has 0 atom stereocenters. The molecule has 4 rings (SSSR count). The zero-order valence-corrected chi connectivity index (χ0v) is 15.6. The third kappa shape index (κ3) is 3.07. The van der Waals surface area contributed by atoms with Gasteiger partial charge >= 0.3 is 0 Å². The van der Waals surface area contributed by atoms with E-state index in [-0.39, 0.29) is 12.1 Å². The summed E-state index contributed by atoms with van der Waals surface area (Å²) in [4.78, 5) is 29.3. The first-order valence-corrected chi connectivity index (χ1v) is 8.91. The number of benzene rings is 1. The highest BCUT2D eigenvalue weighted by atomic mass is 16.2. The van der Waals surface area contributed by atoms with Gasteiger partial charge in [-0.3, -0.25) is 14.0 Å². The van der Waals surface area contributed by atoms with Crippen molar-refractivity contribution in [1.82, 2.24) is 24.5 Å². The zero-order valence-electron chi connectivity index (χ0n) is 15.6. The van der Waals surface area contributed by atoms with Crippen molar-refractivity contribution in [2.24, 2.45) is 0 Å². The SMILES string of the molecule is Cc1nn(-c2ccccc2)c(C)c1CNC(=O)c1cnc2ccccn2c1=O. The normalized spacial score (nSPS) is 10.9. The van der Waals surface area contributed by atoms with Crippen LogP contribution in [-0.4, -0.2) is 25.1 Å². The van der Waals surface area contributed by atoms with Gasteiger partial charge in [0.15, 0.2) is 0 Å². The highest BCUT2D eigenvalue weighted by molar-refractivity contribution is 5.93. The Labute approximate surface area is 161 Å². The van der Waals surface area contributed by atoms with Crippen molar-refractivity contribution in [3.8, 4) is 5.69 Å². The first-order valence-electron chi connectivity index (χ1n) is 8.91. The average molecular weight is 373 g/mol. The maximum Gasteiger partial charge on any atom is 0.270 e. The molecule has 0 bridgehead atoms. The van der Waals surface area contributed by atoms with Gasteiger partial charge < -0.3 is 5.32 Å². The van der Waals surface area contributed by atoms with E-state index in [1.165, 1.54) is 10.6 Å². The Morgan fingerprint density at radius 3 is 2.61 bits per heavy atom. The van der Waals surface area contributed by atoms with Gasteiger partial charge in [-0.15, -0.1) is 0 Å². The number of nitrogens with zero attached hydrogens (tertiary/aromatic N) is 4. The van der Waals surface area contributed by atoms with Gasteiger partial charge in [0.2, 0.25) is 0 Å². The van der Waals surface area contributed by atoms with Crippen LogP contribution in [0.4, 0.5) is 0 Å². The summed E-state index contributed by atoms with van der Waals surface area (Å²) in [5, 5.41) is 7.40. The Kier molecular flexibility index (Phi) is 4.49. The number of pyridine rings is 1. The molecule has 0 unspecified atom stereocenters. The van der Waals surface area contributed by atoms with Crippen molar-refractivity contribution in [1.29, 1.82) is 0 Å². The van der Waals surface area contributed by atoms with Crippen LogP contribution in [0.3, 0.4) is 0 Å². The second kappa shape index (κ2) is 7.11.